The number of benzene rings is 1. The number of guanidine groups is 1. The van der Waals surface area contributed by atoms with Gasteiger partial charge in [-0.05, 0) is 19.1 Å². The van der Waals surface area contributed by atoms with Crippen LogP contribution in [-0.4, -0.2) is 63.6 Å². The van der Waals surface area contributed by atoms with Gasteiger partial charge in [0.05, 0.1) is 25.9 Å². The molecule has 3 heterocycles. The van der Waals surface area contributed by atoms with Crippen LogP contribution in [0.2, 0.25) is 5.02 Å². The van der Waals surface area contributed by atoms with Crippen LogP contribution in [0.4, 0.5) is 0 Å². The molecule has 32 heavy (non-hydrogen) atoms. The Hall–Kier alpha value is -2.18. The van der Waals surface area contributed by atoms with Gasteiger partial charge in [-0.3, -0.25) is 9.67 Å². The van der Waals surface area contributed by atoms with E-state index < -0.39 is 0 Å². The van der Waals surface area contributed by atoms with Crippen LogP contribution in [0.1, 0.15) is 24.5 Å². The third-order valence-electron chi connectivity index (χ3n) is 4.94. The number of nitrogens with zero attached hydrogens (tertiary/aromatic N) is 6. The minimum absolute atomic E-state index is 0. The van der Waals surface area contributed by atoms with Gasteiger partial charge in [0.15, 0.2) is 5.96 Å². The van der Waals surface area contributed by atoms with Gasteiger partial charge >= 0.3 is 0 Å². The van der Waals surface area contributed by atoms with Crippen LogP contribution in [-0.2, 0) is 18.2 Å². The van der Waals surface area contributed by atoms with E-state index >= 15 is 0 Å². The number of ether oxygens (including phenoxy) is 1. The molecule has 1 aliphatic rings. The Labute approximate surface area is 209 Å². The molecule has 3 aromatic rings. The molecule has 0 spiro atoms. The third-order valence-corrected chi connectivity index (χ3v) is 5.17. The van der Waals surface area contributed by atoms with Crippen LogP contribution in [0.25, 0.3) is 11.4 Å². The van der Waals surface area contributed by atoms with E-state index in [4.69, 9.17) is 25.9 Å². The topological polar surface area (TPSA) is 93.6 Å². The van der Waals surface area contributed by atoms with Crippen molar-refractivity contribution in [2.24, 2.45) is 12.0 Å². The van der Waals surface area contributed by atoms with Crippen LogP contribution in [0, 0.1) is 0 Å². The predicted octanol–water partition coefficient (Wildman–Crippen LogP) is 3.32. The van der Waals surface area contributed by atoms with E-state index in [1.54, 1.807) is 4.68 Å². The number of aromatic nitrogens is 4. The zero-order chi connectivity index (χ0) is 21.6. The summed E-state index contributed by atoms with van der Waals surface area (Å²) in [5, 5.41) is 12.3. The SMILES string of the molecule is CCNC(=NCCc1nc(-c2cccc(Cl)c2)no1)N1CCOC(c2cnn(C)c2)C1.I. The Morgan fingerprint density at radius 2 is 2.25 bits per heavy atom. The first kappa shape index (κ1) is 24.5. The second-order valence-electron chi connectivity index (χ2n) is 7.26. The van der Waals surface area contributed by atoms with Gasteiger partial charge in [-0.1, -0.05) is 28.9 Å². The summed E-state index contributed by atoms with van der Waals surface area (Å²) in [6.45, 7) is 5.52. The second kappa shape index (κ2) is 11.6. The van der Waals surface area contributed by atoms with E-state index in [9.17, 15) is 0 Å². The van der Waals surface area contributed by atoms with E-state index in [2.05, 4.69) is 32.4 Å². The third kappa shape index (κ3) is 6.20. The summed E-state index contributed by atoms with van der Waals surface area (Å²) in [4.78, 5) is 11.4. The summed E-state index contributed by atoms with van der Waals surface area (Å²) in [6.07, 6.45) is 4.37. The molecule has 1 saturated heterocycles. The van der Waals surface area contributed by atoms with Crippen molar-refractivity contribution in [2.75, 3.05) is 32.8 Å². The minimum atomic E-state index is -0.0255. The molecule has 0 bridgehead atoms. The summed E-state index contributed by atoms with van der Waals surface area (Å²) >= 11 is 6.04. The zero-order valence-electron chi connectivity index (χ0n) is 18.1. The number of hydrogen-bond acceptors (Lipinski definition) is 6. The first-order valence-corrected chi connectivity index (χ1v) is 10.7. The van der Waals surface area contributed by atoms with E-state index in [0.29, 0.717) is 36.3 Å². The van der Waals surface area contributed by atoms with Crippen LogP contribution >= 0.6 is 35.6 Å². The lowest BCUT2D eigenvalue weighted by Gasteiger charge is -2.34. The van der Waals surface area contributed by atoms with Crippen LogP contribution < -0.4 is 5.32 Å². The first-order chi connectivity index (χ1) is 15.1. The highest BCUT2D eigenvalue weighted by Crippen LogP contribution is 2.22. The molecule has 0 saturated carbocycles. The molecule has 1 atom stereocenters. The fourth-order valence-electron chi connectivity index (χ4n) is 3.43. The van der Waals surface area contributed by atoms with Gasteiger partial charge in [0.2, 0.25) is 11.7 Å². The largest absolute Gasteiger partial charge is 0.370 e. The Morgan fingerprint density at radius 1 is 1.38 bits per heavy atom. The van der Waals surface area contributed by atoms with Crippen LogP contribution in [0.3, 0.4) is 0 Å². The van der Waals surface area contributed by atoms with Crippen molar-refractivity contribution in [1.29, 1.82) is 0 Å². The van der Waals surface area contributed by atoms with Gasteiger partial charge in [0.25, 0.3) is 0 Å². The fraction of sp³-hybridized carbons (Fsp3) is 0.429. The molecule has 1 fully saturated rings. The Morgan fingerprint density at radius 3 is 3.00 bits per heavy atom. The molecule has 0 aliphatic carbocycles. The fourth-order valence-corrected chi connectivity index (χ4v) is 3.62. The number of aliphatic imine (C=N–C) groups is 1. The average Bonchev–Trinajstić information content (AvgIpc) is 3.43. The molecule has 2 aromatic heterocycles. The standard InChI is InChI=1S/C21H26ClN7O2.HI/c1-3-23-21(29-9-10-30-18(14-29)16-12-25-28(2)13-16)24-8-7-19-26-20(27-31-19)15-5-4-6-17(22)11-15;/h4-6,11-13,18H,3,7-10,14H2,1-2H3,(H,23,24);1H. The number of hydrogen-bond donors (Lipinski definition) is 1. The van der Waals surface area contributed by atoms with E-state index in [1.807, 2.05) is 43.7 Å². The second-order valence-corrected chi connectivity index (χ2v) is 7.70. The molecule has 1 aromatic carbocycles. The molecule has 0 amide bonds. The number of rotatable bonds is 6. The van der Waals surface area contributed by atoms with Crippen molar-refractivity contribution >= 4 is 41.5 Å². The highest BCUT2D eigenvalue weighted by molar-refractivity contribution is 14.0. The molecule has 1 unspecified atom stereocenters. The summed E-state index contributed by atoms with van der Waals surface area (Å²) < 4.78 is 13.1. The van der Waals surface area contributed by atoms with Gasteiger partial charge in [-0.15, -0.1) is 24.0 Å². The number of aryl methyl sites for hydroxylation is 1. The summed E-state index contributed by atoms with van der Waals surface area (Å²) in [5.74, 6) is 1.93. The Kier molecular flexibility index (Phi) is 8.88. The molecule has 4 rings (SSSR count). The Balaban J connectivity index is 0.00000289. The number of halogens is 2. The molecule has 1 aliphatic heterocycles. The summed E-state index contributed by atoms with van der Waals surface area (Å²) in [5.41, 5.74) is 1.90. The highest BCUT2D eigenvalue weighted by atomic mass is 127. The molecular formula is C21H27ClIN7O2. The zero-order valence-corrected chi connectivity index (χ0v) is 21.2. The van der Waals surface area contributed by atoms with Crippen molar-refractivity contribution in [2.45, 2.75) is 19.4 Å². The van der Waals surface area contributed by atoms with Gasteiger partial charge < -0.3 is 19.5 Å². The maximum absolute atomic E-state index is 6.04. The summed E-state index contributed by atoms with van der Waals surface area (Å²) in [7, 11) is 1.91. The molecular weight excluding hydrogens is 545 g/mol. The lowest BCUT2D eigenvalue weighted by molar-refractivity contribution is -0.00804. The normalized spacial score (nSPS) is 16.7. The van der Waals surface area contributed by atoms with Gasteiger partial charge in [0, 0.05) is 48.9 Å². The molecule has 172 valence electrons. The maximum atomic E-state index is 6.04. The van der Waals surface area contributed by atoms with Crippen molar-refractivity contribution < 1.29 is 9.26 Å². The van der Waals surface area contributed by atoms with Crippen LogP contribution in [0.5, 0.6) is 0 Å². The first-order valence-electron chi connectivity index (χ1n) is 10.3. The van der Waals surface area contributed by atoms with Crippen molar-refractivity contribution in [1.82, 2.24) is 30.1 Å². The van der Waals surface area contributed by atoms with Gasteiger partial charge in [-0.25, -0.2) is 0 Å². The van der Waals surface area contributed by atoms with Gasteiger partial charge in [-0.2, -0.15) is 10.1 Å². The number of nitrogens with one attached hydrogen (secondary N) is 1. The highest BCUT2D eigenvalue weighted by Gasteiger charge is 2.25. The van der Waals surface area contributed by atoms with Crippen molar-refractivity contribution in [3.63, 3.8) is 0 Å². The maximum Gasteiger partial charge on any atom is 0.228 e. The molecule has 9 nitrogen and oxygen atoms in total. The average molecular weight is 572 g/mol. The Bertz CT molecular complexity index is 1040. The monoisotopic (exact) mass is 571 g/mol. The minimum Gasteiger partial charge on any atom is -0.370 e. The molecule has 0 radical (unpaired) electrons. The lowest BCUT2D eigenvalue weighted by atomic mass is 10.1. The van der Waals surface area contributed by atoms with Gasteiger partial charge in [0.1, 0.15) is 6.10 Å². The predicted molar refractivity (Wildman–Crippen MR) is 133 cm³/mol. The molecule has 11 heteroatoms. The van der Waals surface area contributed by atoms with E-state index in [1.165, 1.54) is 0 Å². The van der Waals surface area contributed by atoms with Crippen molar-refractivity contribution in [3.05, 3.63) is 53.1 Å². The van der Waals surface area contributed by atoms with E-state index in [0.717, 1.165) is 36.7 Å². The lowest BCUT2D eigenvalue weighted by Crippen LogP contribution is -2.48. The molecule has 1 N–H and O–H groups in total. The van der Waals surface area contributed by atoms with E-state index in [-0.39, 0.29) is 30.1 Å². The van der Waals surface area contributed by atoms with Crippen molar-refractivity contribution in [3.8, 4) is 11.4 Å². The quantitative estimate of drug-likeness (QED) is 0.276. The smallest absolute Gasteiger partial charge is 0.228 e. The van der Waals surface area contributed by atoms with Crippen LogP contribution in [0.15, 0.2) is 46.2 Å². The number of morpholine rings is 1. The summed E-state index contributed by atoms with van der Waals surface area (Å²) in [6, 6.07) is 7.39.